The average Bonchev–Trinajstić information content (AvgIpc) is 3.07. The maximum absolute atomic E-state index is 12.8. The van der Waals surface area contributed by atoms with E-state index >= 15 is 0 Å². The molecule has 5 aliphatic carbocycles. The summed E-state index contributed by atoms with van der Waals surface area (Å²) in [6.45, 7) is 4.13. The SMILES string of the molecule is CCOC(=O)C1(C(=O)OCC)Cc2cpc(C34CC5CC(CC(C5)C3)C4)cc2C1. The molecule has 1 aromatic rings. The van der Waals surface area contributed by atoms with Crippen LogP contribution in [0.1, 0.15) is 68.8 Å². The lowest BCUT2D eigenvalue weighted by Gasteiger charge is -2.57. The van der Waals surface area contributed by atoms with Crippen LogP contribution in [-0.4, -0.2) is 25.2 Å². The zero-order valence-corrected chi connectivity index (χ0v) is 18.4. The standard InChI is InChI=1S/C24H31O4P/c1-3-27-21(25)24(22(26)28-4-2)12-18-8-20(29-14-19(18)13-24)23-9-15-5-16(10-23)7-17(6-15)11-23/h8,14-17H,3-7,9-13H2,1-2H3. The van der Waals surface area contributed by atoms with Gasteiger partial charge in [0.15, 0.2) is 5.41 Å². The van der Waals surface area contributed by atoms with Crippen molar-refractivity contribution in [1.82, 2.24) is 0 Å². The largest absolute Gasteiger partial charge is 0.465 e. The minimum atomic E-state index is -1.20. The fourth-order valence-corrected chi connectivity index (χ4v) is 8.52. The molecule has 0 atom stereocenters. The Labute approximate surface area is 174 Å². The number of carbonyl (C=O) groups is 2. The van der Waals surface area contributed by atoms with Gasteiger partial charge in [0.1, 0.15) is 0 Å². The first kappa shape index (κ1) is 19.5. The highest BCUT2D eigenvalue weighted by atomic mass is 31.0. The van der Waals surface area contributed by atoms with Gasteiger partial charge in [-0.05, 0) is 98.8 Å². The molecule has 29 heavy (non-hydrogen) atoms. The monoisotopic (exact) mass is 414 g/mol. The summed E-state index contributed by atoms with van der Waals surface area (Å²) < 4.78 is 10.7. The zero-order chi connectivity index (χ0) is 20.2. The fourth-order valence-electron chi connectivity index (χ4n) is 7.19. The second kappa shape index (κ2) is 7.08. The van der Waals surface area contributed by atoms with E-state index in [9.17, 15) is 9.59 Å². The highest BCUT2D eigenvalue weighted by molar-refractivity contribution is 7.30. The van der Waals surface area contributed by atoms with Gasteiger partial charge in [0.25, 0.3) is 0 Å². The molecule has 4 saturated carbocycles. The molecule has 0 unspecified atom stereocenters. The van der Waals surface area contributed by atoms with E-state index in [-0.39, 0.29) is 13.2 Å². The van der Waals surface area contributed by atoms with Crippen LogP contribution in [-0.2, 0) is 37.3 Å². The second-order valence-electron chi connectivity index (χ2n) is 9.91. The minimum absolute atomic E-state index is 0.279. The summed E-state index contributed by atoms with van der Waals surface area (Å²) in [7, 11) is 1.27. The number of fused-ring (bicyclic) bond motifs is 1. The van der Waals surface area contributed by atoms with Crippen LogP contribution in [0.2, 0.25) is 0 Å². The van der Waals surface area contributed by atoms with Gasteiger partial charge in [-0.1, -0.05) is 14.3 Å². The Balaban J connectivity index is 1.47. The van der Waals surface area contributed by atoms with Crippen molar-refractivity contribution in [2.45, 2.75) is 70.6 Å². The number of esters is 2. The zero-order valence-electron chi connectivity index (χ0n) is 17.5. The van der Waals surface area contributed by atoms with E-state index in [0.717, 1.165) is 28.9 Å². The summed E-state index contributed by atoms with van der Waals surface area (Å²) in [4.78, 5) is 25.7. The Hall–Kier alpha value is -1.41. The van der Waals surface area contributed by atoms with Crippen LogP contribution in [0.25, 0.3) is 0 Å². The molecular formula is C24H31O4P. The van der Waals surface area contributed by atoms with E-state index in [0.29, 0.717) is 18.3 Å². The smallest absolute Gasteiger partial charge is 0.324 e. The van der Waals surface area contributed by atoms with Gasteiger partial charge in [0.05, 0.1) is 13.2 Å². The molecule has 0 saturated heterocycles. The molecule has 0 amide bonds. The number of hydrogen-bond acceptors (Lipinski definition) is 4. The molecule has 0 radical (unpaired) electrons. The molecule has 5 heteroatoms. The quantitative estimate of drug-likeness (QED) is 0.506. The first-order valence-corrected chi connectivity index (χ1v) is 12.3. The predicted octanol–water partition coefficient (Wildman–Crippen LogP) is 4.95. The van der Waals surface area contributed by atoms with E-state index in [2.05, 4.69) is 11.9 Å². The number of ether oxygens (including phenoxy) is 2. The van der Waals surface area contributed by atoms with E-state index in [1.54, 1.807) is 19.1 Å². The predicted molar refractivity (Wildman–Crippen MR) is 112 cm³/mol. The van der Waals surface area contributed by atoms with Crippen molar-refractivity contribution in [1.29, 1.82) is 0 Å². The van der Waals surface area contributed by atoms with Crippen molar-refractivity contribution < 1.29 is 19.1 Å². The molecule has 0 aromatic carbocycles. The summed E-state index contributed by atoms with van der Waals surface area (Å²) in [5.41, 5.74) is 1.47. The molecule has 1 aromatic heterocycles. The summed E-state index contributed by atoms with van der Waals surface area (Å²) >= 11 is 0. The van der Waals surface area contributed by atoms with Gasteiger partial charge >= 0.3 is 11.9 Å². The van der Waals surface area contributed by atoms with Crippen LogP contribution in [0.3, 0.4) is 0 Å². The summed E-state index contributed by atoms with van der Waals surface area (Å²) in [6.07, 6.45) is 9.18. The molecule has 0 spiro atoms. The van der Waals surface area contributed by atoms with Gasteiger partial charge in [-0.25, -0.2) is 0 Å². The van der Waals surface area contributed by atoms with Crippen LogP contribution in [0.5, 0.6) is 0 Å². The normalized spacial score (nSPS) is 33.7. The Morgan fingerprint density at radius 2 is 1.45 bits per heavy atom. The van der Waals surface area contributed by atoms with Gasteiger partial charge in [0.2, 0.25) is 0 Å². The highest BCUT2D eigenvalue weighted by Gasteiger charge is 2.55. The second-order valence-corrected chi connectivity index (χ2v) is 10.9. The first-order valence-electron chi connectivity index (χ1n) is 11.3. The molecule has 4 bridgehead atoms. The molecule has 4 nitrogen and oxygen atoms in total. The number of rotatable bonds is 5. The van der Waals surface area contributed by atoms with Crippen LogP contribution in [0.15, 0.2) is 11.9 Å². The lowest BCUT2D eigenvalue weighted by Crippen LogP contribution is -2.48. The molecule has 6 rings (SSSR count). The van der Waals surface area contributed by atoms with Crippen LogP contribution < -0.4 is 0 Å². The van der Waals surface area contributed by atoms with Gasteiger partial charge < -0.3 is 9.47 Å². The molecule has 5 aliphatic rings. The Morgan fingerprint density at radius 3 is 1.97 bits per heavy atom. The lowest BCUT2D eigenvalue weighted by molar-refractivity contribution is -0.171. The van der Waals surface area contributed by atoms with E-state index in [4.69, 9.17) is 9.47 Å². The summed E-state index contributed by atoms with van der Waals surface area (Å²) in [5, 5.41) is 1.54. The van der Waals surface area contributed by atoms with Gasteiger partial charge in [-0.15, -0.1) is 0 Å². The first-order chi connectivity index (χ1) is 14.0. The molecule has 0 aliphatic heterocycles. The lowest BCUT2D eigenvalue weighted by atomic mass is 9.49. The fraction of sp³-hybridized carbons (Fsp3) is 0.708. The van der Waals surface area contributed by atoms with E-state index < -0.39 is 17.4 Å². The Bertz CT molecular complexity index is 792. The molecule has 0 N–H and O–H groups in total. The van der Waals surface area contributed by atoms with Crippen LogP contribution >= 0.6 is 8.19 Å². The van der Waals surface area contributed by atoms with Gasteiger partial charge in [-0.2, -0.15) is 0 Å². The maximum Gasteiger partial charge on any atom is 0.324 e. The van der Waals surface area contributed by atoms with Gasteiger partial charge in [0, 0.05) is 11.8 Å². The van der Waals surface area contributed by atoms with Crippen molar-refractivity contribution in [3.05, 3.63) is 28.3 Å². The van der Waals surface area contributed by atoms with Crippen molar-refractivity contribution in [2.24, 2.45) is 23.2 Å². The van der Waals surface area contributed by atoms with Crippen molar-refractivity contribution >= 4 is 20.1 Å². The summed E-state index contributed by atoms with van der Waals surface area (Å²) in [5.74, 6) is 4.15. The number of carbonyl (C=O) groups excluding carboxylic acids is 2. The average molecular weight is 414 g/mol. The third-order valence-corrected chi connectivity index (χ3v) is 9.30. The van der Waals surface area contributed by atoms with Gasteiger partial charge in [-0.3, -0.25) is 9.59 Å². The molecule has 1 heterocycles. The third kappa shape index (κ3) is 3.05. The van der Waals surface area contributed by atoms with Crippen molar-refractivity contribution in [2.75, 3.05) is 13.2 Å². The summed E-state index contributed by atoms with van der Waals surface area (Å²) in [6, 6.07) is 2.37. The van der Waals surface area contributed by atoms with Crippen LogP contribution in [0, 0.1) is 23.2 Å². The highest BCUT2D eigenvalue weighted by Crippen LogP contribution is 2.62. The van der Waals surface area contributed by atoms with Crippen molar-refractivity contribution in [3.63, 3.8) is 0 Å². The molecular weight excluding hydrogens is 383 g/mol. The maximum atomic E-state index is 12.8. The third-order valence-electron chi connectivity index (χ3n) is 7.98. The van der Waals surface area contributed by atoms with Crippen LogP contribution in [0.4, 0.5) is 0 Å². The Morgan fingerprint density at radius 1 is 0.931 bits per heavy atom. The molecule has 4 fully saturated rings. The number of hydrogen-bond donors (Lipinski definition) is 0. The van der Waals surface area contributed by atoms with E-state index in [1.807, 2.05) is 0 Å². The van der Waals surface area contributed by atoms with Crippen molar-refractivity contribution in [3.8, 4) is 0 Å². The van der Waals surface area contributed by atoms with E-state index in [1.165, 1.54) is 46.7 Å². The molecule has 156 valence electrons. The minimum Gasteiger partial charge on any atom is -0.465 e. The Kier molecular flexibility index (Phi) is 4.77. The topological polar surface area (TPSA) is 52.6 Å².